The van der Waals surface area contributed by atoms with E-state index >= 15 is 0 Å². The fourth-order valence-corrected chi connectivity index (χ4v) is 1.52. The van der Waals surface area contributed by atoms with Crippen LogP contribution in [0.3, 0.4) is 0 Å². The van der Waals surface area contributed by atoms with E-state index in [0.717, 1.165) is 24.9 Å². The third-order valence-electron chi connectivity index (χ3n) is 2.62. The molecule has 0 fully saturated rings. The van der Waals surface area contributed by atoms with Gasteiger partial charge in [-0.25, -0.2) is 0 Å². The number of benzene rings is 1. The maximum absolute atomic E-state index is 10.9. The molecule has 3 heteroatoms. The van der Waals surface area contributed by atoms with Gasteiger partial charge in [-0.3, -0.25) is 4.79 Å². The first-order valence-electron chi connectivity index (χ1n) is 6.40. The van der Waals surface area contributed by atoms with E-state index in [1.54, 1.807) is 0 Å². The van der Waals surface area contributed by atoms with Crippen molar-refractivity contribution in [3.8, 4) is 5.75 Å². The predicted octanol–water partition coefficient (Wildman–Crippen LogP) is 3.25. The van der Waals surface area contributed by atoms with Gasteiger partial charge in [0.2, 0.25) is 0 Å². The number of aldehydes is 1. The van der Waals surface area contributed by atoms with Gasteiger partial charge in [0.25, 0.3) is 0 Å². The van der Waals surface area contributed by atoms with Gasteiger partial charge < -0.3 is 9.47 Å². The van der Waals surface area contributed by atoms with Crippen LogP contribution in [0.5, 0.6) is 5.75 Å². The van der Waals surface area contributed by atoms with Gasteiger partial charge in [0, 0.05) is 6.61 Å². The molecular weight excluding hydrogens is 228 g/mol. The standard InChI is InChI=1S/C15H22O3/c1-12(2)6-7-17-8-9-18-15-5-4-13(3)10-14(15)11-16/h4-5,10-12H,6-9H2,1-3H3. The highest BCUT2D eigenvalue weighted by molar-refractivity contribution is 5.79. The smallest absolute Gasteiger partial charge is 0.153 e. The molecule has 1 aromatic carbocycles. The topological polar surface area (TPSA) is 35.5 Å². The summed E-state index contributed by atoms with van der Waals surface area (Å²) >= 11 is 0. The molecule has 0 aromatic heterocycles. The van der Waals surface area contributed by atoms with Crippen LogP contribution in [0.25, 0.3) is 0 Å². The Morgan fingerprint density at radius 1 is 1.22 bits per heavy atom. The van der Waals surface area contributed by atoms with Gasteiger partial charge in [-0.1, -0.05) is 25.5 Å². The van der Waals surface area contributed by atoms with Gasteiger partial charge >= 0.3 is 0 Å². The Morgan fingerprint density at radius 3 is 2.67 bits per heavy atom. The summed E-state index contributed by atoms with van der Waals surface area (Å²) < 4.78 is 11.0. The van der Waals surface area contributed by atoms with E-state index in [4.69, 9.17) is 9.47 Å². The average molecular weight is 250 g/mol. The van der Waals surface area contributed by atoms with Crippen LogP contribution in [0.2, 0.25) is 0 Å². The van der Waals surface area contributed by atoms with E-state index < -0.39 is 0 Å². The van der Waals surface area contributed by atoms with Crippen LogP contribution in [0.4, 0.5) is 0 Å². The molecule has 0 saturated heterocycles. The van der Waals surface area contributed by atoms with Crippen LogP contribution >= 0.6 is 0 Å². The van der Waals surface area contributed by atoms with Gasteiger partial charge in [0.1, 0.15) is 12.4 Å². The summed E-state index contributed by atoms with van der Waals surface area (Å²) in [5.41, 5.74) is 1.65. The second-order valence-electron chi connectivity index (χ2n) is 4.80. The molecule has 0 aliphatic carbocycles. The fourth-order valence-electron chi connectivity index (χ4n) is 1.52. The molecule has 0 radical (unpaired) electrons. The van der Waals surface area contributed by atoms with E-state index in [2.05, 4.69) is 13.8 Å². The molecule has 18 heavy (non-hydrogen) atoms. The Bertz CT molecular complexity index is 372. The van der Waals surface area contributed by atoms with Crippen molar-refractivity contribution in [2.45, 2.75) is 27.2 Å². The molecule has 0 aliphatic rings. The largest absolute Gasteiger partial charge is 0.490 e. The highest BCUT2D eigenvalue weighted by Crippen LogP contribution is 2.17. The van der Waals surface area contributed by atoms with Crippen molar-refractivity contribution in [3.63, 3.8) is 0 Å². The molecule has 0 unspecified atom stereocenters. The molecule has 0 amide bonds. The zero-order chi connectivity index (χ0) is 13.4. The van der Waals surface area contributed by atoms with E-state index in [-0.39, 0.29) is 0 Å². The third kappa shape index (κ3) is 5.32. The van der Waals surface area contributed by atoms with E-state index in [1.807, 2.05) is 25.1 Å². The van der Waals surface area contributed by atoms with Crippen molar-refractivity contribution in [2.75, 3.05) is 19.8 Å². The number of rotatable bonds is 8. The lowest BCUT2D eigenvalue weighted by Gasteiger charge is -2.10. The minimum absolute atomic E-state index is 0.474. The lowest BCUT2D eigenvalue weighted by molar-refractivity contribution is 0.0917. The van der Waals surface area contributed by atoms with Gasteiger partial charge in [-0.15, -0.1) is 0 Å². The van der Waals surface area contributed by atoms with Crippen LogP contribution in [0.15, 0.2) is 18.2 Å². The highest BCUT2D eigenvalue weighted by atomic mass is 16.5. The molecule has 100 valence electrons. The summed E-state index contributed by atoms with van der Waals surface area (Å²) in [6.07, 6.45) is 1.88. The Hall–Kier alpha value is -1.35. The quantitative estimate of drug-likeness (QED) is 0.525. The molecule has 0 N–H and O–H groups in total. The maximum Gasteiger partial charge on any atom is 0.153 e. The number of hydrogen-bond acceptors (Lipinski definition) is 3. The zero-order valence-corrected chi connectivity index (χ0v) is 11.4. The predicted molar refractivity (Wildman–Crippen MR) is 72.3 cm³/mol. The monoisotopic (exact) mass is 250 g/mol. The Labute approximate surface area is 109 Å². The van der Waals surface area contributed by atoms with Crippen molar-refractivity contribution in [1.82, 2.24) is 0 Å². The lowest BCUT2D eigenvalue weighted by atomic mass is 10.1. The summed E-state index contributed by atoms with van der Waals surface area (Å²) in [4.78, 5) is 10.9. The fraction of sp³-hybridized carbons (Fsp3) is 0.533. The highest BCUT2D eigenvalue weighted by Gasteiger charge is 2.02. The van der Waals surface area contributed by atoms with Crippen molar-refractivity contribution in [1.29, 1.82) is 0 Å². The minimum Gasteiger partial charge on any atom is -0.490 e. The van der Waals surface area contributed by atoms with Crippen molar-refractivity contribution >= 4 is 6.29 Å². The number of carbonyl (C=O) groups is 1. The second kappa shape index (κ2) is 7.88. The van der Waals surface area contributed by atoms with E-state index in [9.17, 15) is 4.79 Å². The molecule has 0 atom stereocenters. The van der Waals surface area contributed by atoms with E-state index in [0.29, 0.717) is 30.4 Å². The van der Waals surface area contributed by atoms with Gasteiger partial charge in [0.05, 0.1) is 12.2 Å². The zero-order valence-electron chi connectivity index (χ0n) is 11.4. The van der Waals surface area contributed by atoms with Crippen LogP contribution in [-0.4, -0.2) is 26.1 Å². The molecule has 0 aliphatic heterocycles. The second-order valence-corrected chi connectivity index (χ2v) is 4.80. The van der Waals surface area contributed by atoms with E-state index in [1.165, 1.54) is 0 Å². The minimum atomic E-state index is 0.474. The first-order chi connectivity index (χ1) is 8.63. The lowest BCUT2D eigenvalue weighted by Crippen LogP contribution is -2.09. The number of carbonyl (C=O) groups excluding carboxylic acids is 1. The molecule has 1 aromatic rings. The van der Waals surface area contributed by atoms with Crippen LogP contribution in [0.1, 0.15) is 36.2 Å². The first kappa shape index (κ1) is 14.7. The van der Waals surface area contributed by atoms with Crippen LogP contribution < -0.4 is 4.74 Å². The molecule has 0 spiro atoms. The summed E-state index contributed by atoms with van der Waals surface area (Å²) in [5, 5.41) is 0. The first-order valence-corrected chi connectivity index (χ1v) is 6.40. The molecule has 0 heterocycles. The SMILES string of the molecule is Cc1ccc(OCCOCCC(C)C)c(C=O)c1. The number of ether oxygens (including phenoxy) is 2. The van der Waals surface area contributed by atoms with Crippen molar-refractivity contribution in [3.05, 3.63) is 29.3 Å². The van der Waals surface area contributed by atoms with Crippen LogP contribution in [0, 0.1) is 12.8 Å². The molecular formula is C15H22O3. The van der Waals surface area contributed by atoms with Gasteiger partial charge in [-0.2, -0.15) is 0 Å². The Morgan fingerprint density at radius 2 is 2.00 bits per heavy atom. The van der Waals surface area contributed by atoms with Crippen molar-refractivity contribution in [2.24, 2.45) is 5.92 Å². The molecule has 3 nitrogen and oxygen atoms in total. The summed E-state index contributed by atoms with van der Waals surface area (Å²) in [6, 6.07) is 5.58. The average Bonchev–Trinajstić information content (AvgIpc) is 2.34. The van der Waals surface area contributed by atoms with Crippen LogP contribution in [-0.2, 0) is 4.74 Å². The Kier molecular flexibility index (Phi) is 6.44. The summed E-state index contributed by atoms with van der Waals surface area (Å²) in [6.45, 7) is 8.08. The number of aryl methyl sites for hydroxylation is 1. The molecule has 0 saturated carbocycles. The molecule has 0 bridgehead atoms. The normalized spacial score (nSPS) is 10.7. The number of hydrogen-bond donors (Lipinski definition) is 0. The maximum atomic E-state index is 10.9. The van der Waals surface area contributed by atoms with Gasteiger partial charge in [0.15, 0.2) is 6.29 Å². The summed E-state index contributed by atoms with van der Waals surface area (Å²) in [5.74, 6) is 1.28. The van der Waals surface area contributed by atoms with Gasteiger partial charge in [-0.05, 0) is 31.4 Å². The Balaban J connectivity index is 2.29. The molecule has 1 rings (SSSR count). The third-order valence-corrected chi connectivity index (χ3v) is 2.62. The summed E-state index contributed by atoms with van der Waals surface area (Å²) in [7, 11) is 0. The van der Waals surface area contributed by atoms with Crippen molar-refractivity contribution < 1.29 is 14.3 Å².